The van der Waals surface area contributed by atoms with Crippen LogP contribution in [0.3, 0.4) is 0 Å². The molecule has 0 fully saturated rings. The molecular formula is C18H20N2O5. The highest BCUT2D eigenvalue weighted by Gasteiger charge is 2.34. The molecule has 25 heavy (non-hydrogen) atoms. The van der Waals surface area contributed by atoms with Crippen molar-refractivity contribution >= 4 is 11.6 Å². The molecule has 1 unspecified atom stereocenters. The maximum absolute atomic E-state index is 12.2. The van der Waals surface area contributed by atoms with Crippen LogP contribution < -0.4 is 24.3 Å². The first-order valence-corrected chi connectivity index (χ1v) is 7.76. The van der Waals surface area contributed by atoms with Crippen molar-refractivity contribution in [3.05, 3.63) is 35.5 Å². The Morgan fingerprint density at radius 1 is 1.04 bits per heavy atom. The van der Waals surface area contributed by atoms with E-state index in [1.165, 1.54) is 7.11 Å². The zero-order valence-electron chi connectivity index (χ0n) is 14.6. The number of rotatable bonds is 5. The Hall–Kier alpha value is -2.96. The number of nitrogens with one attached hydrogen (secondary N) is 1. The lowest BCUT2D eigenvalue weighted by Crippen LogP contribution is -2.25. The normalized spacial score (nSPS) is 15.8. The third-order valence-electron chi connectivity index (χ3n) is 4.19. The highest BCUT2D eigenvalue weighted by atomic mass is 16.5. The fourth-order valence-electron chi connectivity index (χ4n) is 3.11. The van der Waals surface area contributed by atoms with E-state index in [9.17, 15) is 4.79 Å². The topological polar surface area (TPSA) is 78.9 Å². The molecule has 7 nitrogen and oxygen atoms in total. The molecule has 1 aliphatic rings. The average Bonchev–Trinajstić information content (AvgIpc) is 2.65. The number of carbonyl (C=O) groups is 1. The summed E-state index contributed by atoms with van der Waals surface area (Å²) in [7, 11) is 6.20. The van der Waals surface area contributed by atoms with Crippen molar-refractivity contribution in [2.24, 2.45) is 0 Å². The zero-order valence-corrected chi connectivity index (χ0v) is 14.6. The van der Waals surface area contributed by atoms with E-state index < -0.39 is 0 Å². The molecule has 1 N–H and O–H groups in total. The molecule has 7 heteroatoms. The van der Waals surface area contributed by atoms with E-state index in [-0.39, 0.29) is 18.2 Å². The second kappa shape index (κ2) is 6.88. The van der Waals surface area contributed by atoms with Crippen LogP contribution in [0.15, 0.2) is 24.3 Å². The van der Waals surface area contributed by atoms with Gasteiger partial charge in [-0.3, -0.25) is 4.79 Å². The number of carbonyl (C=O) groups excluding carboxylic acids is 1. The number of aromatic nitrogens is 1. The predicted octanol–water partition coefficient (Wildman–Crippen LogP) is 2.59. The first kappa shape index (κ1) is 16.9. The average molecular weight is 344 g/mol. The molecular weight excluding hydrogens is 324 g/mol. The number of ether oxygens (including phenoxy) is 4. The number of hydrogen-bond acceptors (Lipinski definition) is 6. The van der Waals surface area contributed by atoms with Crippen molar-refractivity contribution in [3.8, 4) is 23.1 Å². The summed E-state index contributed by atoms with van der Waals surface area (Å²) in [6, 6.07) is 7.21. The predicted molar refractivity (Wildman–Crippen MR) is 92.0 cm³/mol. The molecule has 1 aromatic heterocycles. The number of nitrogens with zero attached hydrogens (tertiary/aromatic N) is 1. The van der Waals surface area contributed by atoms with E-state index in [2.05, 4.69) is 10.3 Å². The van der Waals surface area contributed by atoms with Crippen molar-refractivity contribution < 1.29 is 23.7 Å². The highest BCUT2D eigenvalue weighted by molar-refractivity contribution is 5.97. The van der Waals surface area contributed by atoms with E-state index >= 15 is 0 Å². The van der Waals surface area contributed by atoms with Gasteiger partial charge in [-0.2, -0.15) is 0 Å². The molecule has 1 amide bonds. The Morgan fingerprint density at radius 3 is 2.44 bits per heavy atom. The molecule has 132 valence electrons. The van der Waals surface area contributed by atoms with Gasteiger partial charge in [0.15, 0.2) is 11.5 Å². The Morgan fingerprint density at radius 2 is 1.80 bits per heavy atom. The minimum Gasteiger partial charge on any atom is -0.493 e. The van der Waals surface area contributed by atoms with Crippen LogP contribution in [0, 0.1) is 0 Å². The molecule has 2 aromatic rings. The van der Waals surface area contributed by atoms with Gasteiger partial charge in [-0.25, -0.2) is 4.98 Å². The van der Waals surface area contributed by atoms with Crippen LogP contribution in [-0.4, -0.2) is 39.3 Å². The van der Waals surface area contributed by atoms with Crippen LogP contribution in [0.1, 0.15) is 23.6 Å². The molecule has 0 radical (unpaired) electrons. The first-order chi connectivity index (χ1) is 12.1. The van der Waals surface area contributed by atoms with Gasteiger partial charge < -0.3 is 24.3 Å². The first-order valence-electron chi connectivity index (χ1n) is 7.76. The van der Waals surface area contributed by atoms with Gasteiger partial charge in [0.1, 0.15) is 0 Å². The van der Waals surface area contributed by atoms with Crippen LogP contribution >= 0.6 is 0 Å². The quantitative estimate of drug-likeness (QED) is 0.898. The van der Waals surface area contributed by atoms with Crippen LogP contribution in [-0.2, 0) is 4.79 Å². The van der Waals surface area contributed by atoms with Crippen LogP contribution in [0.25, 0.3) is 0 Å². The van der Waals surface area contributed by atoms with Gasteiger partial charge in [0.25, 0.3) is 0 Å². The lowest BCUT2D eigenvalue weighted by molar-refractivity contribution is -0.116. The molecule has 0 spiro atoms. The third-order valence-corrected chi connectivity index (χ3v) is 4.19. The van der Waals surface area contributed by atoms with Crippen molar-refractivity contribution in [2.45, 2.75) is 12.3 Å². The van der Waals surface area contributed by atoms with Gasteiger partial charge >= 0.3 is 0 Å². The smallest absolute Gasteiger partial charge is 0.225 e. The fourth-order valence-corrected chi connectivity index (χ4v) is 3.11. The second-order valence-electron chi connectivity index (χ2n) is 5.52. The van der Waals surface area contributed by atoms with Crippen LogP contribution in [0.4, 0.5) is 5.69 Å². The molecule has 1 aromatic carbocycles. The number of fused-ring (bicyclic) bond motifs is 1. The maximum atomic E-state index is 12.2. The molecule has 0 aliphatic carbocycles. The van der Waals surface area contributed by atoms with E-state index in [4.69, 9.17) is 18.9 Å². The monoisotopic (exact) mass is 344 g/mol. The molecule has 3 rings (SSSR count). The lowest BCUT2D eigenvalue weighted by atomic mass is 9.86. The standard InChI is InChI=1S/C18H20N2O5/c1-22-13-9-12-16(18(25-4)17(13)24-3)10(8-14(21)19-12)11-6-5-7-15(20-11)23-2/h5-7,9-10H,8H2,1-4H3,(H,19,21). The summed E-state index contributed by atoms with van der Waals surface area (Å²) >= 11 is 0. The SMILES string of the molecule is COc1cccc(C2CC(=O)Nc3cc(OC)c(OC)c(OC)c32)n1. The molecule has 0 saturated heterocycles. The Labute approximate surface area is 145 Å². The van der Waals surface area contributed by atoms with E-state index in [0.29, 0.717) is 28.8 Å². The number of methoxy groups -OCH3 is 4. The van der Waals surface area contributed by atoms with Crippen molar-refractivity contribution in [2.75, 3.05) is 33.8 Å². The van der Waals surface area contributed by atoms with Crippen LogP contribution in [0.5, 0.6) is 23.1 Å². The highest BCUT2D eigenvalue weighted by Crippen LogP contribution is 2.50. The summed E-state index contributed by atoms with van der Waals surface area (Å²) < 4.78 is 21.7. The lowest BCUT2D eigenvalue weighted by Gasteiger charge is -2.29. The van der Waals surface area contributed by atoms with Gasteiger partial charge in [-0.05, 0) is 6.07 Å². The Bertz CT molecular complexity index is 806. The Kier molecular flexibility index (Phi) is 4.65. The summed E-state index contributed by atoms with van der Waals surface area (Å²) in [5, 5.41) is 2.88. The number of pyridine rings is 1. The molecule has 1 aliphatic heterocycles. The van der Waals surface area contributed by atoms with Crippen molar-refractivity contribution in [3.63, 3.8) is 0 Å². The van der Waals surface area contributed by atoms with E-state index in [1.54, 1.807) is 33.5 Å². The summed E-state index contributed by atoms with van der Waals surface area (Å²) in [6.45, 7) is 0. The summed E-state index contributed by atoms with van der Waals surface area (Å²) in [4.78, 5) is 16.7. The largest absolute Gasteiger partial charge is 0.493 e. The van der Waals surface area contributed by atoms with Crippen molar-refractivity contribution in [1.29, 1.82) is 0 Å². The summed E-state index contributed by atoms with van der Waals surface area (Å²) in [5.41, 5.74) is 2.15. The molecule has 2 heterocycles. The summed E-state index contributed by atoms with van der Waals surface area (Å²) in [6.07, 6.45) is 0.249. The molecule has 0 bridgehead atoms. The minimum atomic E-state index is -0.284. The number of benzene rings is 1. The summed E-state index contributed by atoms with van der Waals surface area (Å²) in [5.74, 6) is 1.59. The van der Waals surface area contributed by atoms with E-state index in [1.807, 2.05) is 12.1 Å². The van der Waals surface area contributed by atoms with Gasteiger partial charge in [0, 0.05) is 30.0 Å². The fraction of sp³-hybridized carbons (Fsp3) is 0.333. The maximum Gasteiger partial charge on any atom is 0.225 e. The number of hydrogen-bond donors (Lipinski definition) is 1. The van der Waals surface area contributed by atoms with Crippen molar-refractivity contribution in [1.82, 2.24) is 4.98 Å². The Balaban J connectivity index is 2.23. The zero-order chi connectivity index (χ0) is 18.0. The third kappa shape index (κ3) is 2.93. The number of amides is 1. The number of anilines is 1. The van der Waals surface area contributed by atoms with Gasteiger partial charge in [0.05, 0.1) is 39.8 Å². The minimum absolute atomic E-state index is 0.101. The van der Waals surface area contributed by atoms with Gasteiger partial charge in [-0.1, -0.05) is 6.07 Å². The van der Waals surface area contributed by atoms with E-state index in [0.717, 1.165) is 11.3 Å². The molecule has 0 saturated carbocycles. The molecule has 1 atom stereocenters. The van der Waals surface area contributed by atoms with Gasteiger partial charge in [0.2, 0.25) is 17.5 Å². The van der Waals surface area contributed by atoms with Gasteiger partial charge in [-0.15, -0.1) is 0 Å². The van der Waals surface area contributed by atoms with Crippen LogP contribution in [0.2, 0.25) is 0 Å². The second-order valence-corrected chi connectivity index (χ2v) is 5.52.